The van der Waals surface area contributed by atoms with Gasteiger partial charge in [-0.25, -0.2) is 15.1 Å². The normalized spacial score (nSPS) is 17.6. The second-order valence-corrected chi connectivity index (χ2v) is 4.36. The van der Waals surface area contributed by atoms with Gasteiger partial charge in [0.25, 0.3) is 5.96 Å². The molecule has 0 amide bonds. The van der Waals surface area contributed by atoms with Gasteiger partial charge in [-0.1, -0.05) is 17.7 Å². The lowest BCUT2D eigenvalue weighted by atomic mass is 10.3. The van der Waals surface area contributed by atoms with Crippen molar-refractivity contribution < 1.29 is 5.03 Å². The van der Waals surface area contributed by atoms with E-state index in [-0.39, 0.29) is 0 Å². The number of nitro groups is 1. The smallest absolute Gasteiger partial charge is 0.274 e. The van der Waals surface area contributed by atoms with Crippen LogP contribution in [0, 0.1) is 10.1 Å². The van der Waals surface area contributed by atoms with Crippen molar-refractivity contribution in [3.8, 4) is 0 Å². The first-order valence-electron chi connectivity index (χ1n) is 5.36. The highest BCUT2D eigenvalue weighted by atomic mass is 35.5. The van der Waals surface area contributed by atoms with Crippen LogP contribution in [0.25, 0.3) is 0 Å². The lowest BCUT2D eigenvalue weighted by molar-refractivity contribution is -0.486. The molecular weight excluding hydrogens is 258 g/mol. The summed E-state index contributed by atoms with van der Waals surface area (Å²) in [5.74, 6) is 0.370. The molecule has 0 bridgehead atoms. The fraction of sp³-hybridized carbons (Fsp3) is 0.400. The third-order valence-electron chi connectivity index (χ3n) is 2.66. The Labute approximate surface area is 109 Å². The van der Waals surface area contributed by atoms with Crippen molar-refractivity contribution in [1.82, 2.24) is 14.8 Å². The van der Waals surface area contributed by atoms with E-state index in [4.69, 9.17) is 11.6 Å². The molecule has 0 aromatic carbocycles. The molecule has 0 spiro atoms. The zero-order valence-electron chi connectivity index (χ0n) is 9.78. The Morgan fingerprint density at radius 1 is 1.56 bits per heavy atom. The average Bonchev–Trinajstić information content (AvgIpc) is 2.64. The maximum absolute atomic E-state index is 10.5. The molecule has 0 N–H and O–H groups in total. The molecule has 1 aromatic heterocycles. The number of hydrogen-bond acceptors (Lipinski definition) is 3. The lowest BCUT2D eigenvalue weighted by Crippen LogP contribution is -2.31. The van der Waals surface area contributed by atoms with Crippen LogP contribution in [-0.4, -0.2) is 45.9 Å². The Morgan fingerprint density at radius 2 is 2.33 bits per heavy atom. The van der Waals surface area contributed by atoms with E-state index in [2.05, 4.69) is 10.1 Å². The highest BCUT2D eigenvalue weighted by Gasteiger charge is 2.26. The van der Waals surface area contributed by atoms with Crippen LogP contribution >= 0.6 is 11.6 Å². The summed E-state index contributed by atoms with van der Waals surface area (Å²) in [6.45, 7) is 1.95. The maximum atomic E-state index is 10.5. The molecule has 18 heavy (non-hydrogen) atoms. The average molecular weight is 270 g/mol. The van der Waals surface area contributed by atoms with Crippen LogP contribution in [0.15, 0.2) is 23.4 Å². The molecule has 0 unspecified atom stereocenters. The summed E-state index contributed by atoms with van der Waals surface area (Å²) >= 11 is 5.70. The Balaban J connectivity index is 2.13. The van der Waals surface area contributed by atoms with E-state index >= 15 is 0 Å². The molecule has 1 aromatic rings. The minimum absolute atomic E-state index is 0.370. The van der Waals surface area contributed by atoms with Crippen molar-refractivity contribution in [2.45, 2.75) is 6.54 Å². The molecule has 2 heterocycles. The van der Waals surface area contributed by atoms with Gasteiger partial charge in [-0.2, -0.15) is 0 Å². The quantitative estimate of drug-likeness (QED) is 0.465. The van der Waals surface area contributed by atoms with Gasteiger partial charge in [-0.15, -0.1) is 0 Å². The lowest BCUT2D eigenvalue weighted by Gasteiger charge is -2.17. The van der Waals surface area contributed by atoms with Gasteiger partial charge in [0, 0.05) is 32.9 Å². The van der Waals surface area contributed by atoms with Gasteiger partial charge in [0.15, 0.2) is 5.03 Å². The van der Waals surface area contributed by atoms with Crippen molar-refractivity contribution in [3.63, 3.8) is 0 Å². The molecule has 8 heteroatoms. The highest BCUT2D eigenvalue weighted by Crippen LogP contribution is 2.13. The van der Waals surface area contributed by atoms with E-state index in [1.807, 2.05) is 11.0 Å². The Bertz CT molecular complexity index is 476. The Hall–Kier alpha value is -1.89. The molecule has 96 valence electrons. The van der Waals surface area contributed by atoms with Crippen LogP contribution in [0.1, 0.15) is 5.56 Å². The van der Waals surface area contributed by atoms with Crippen molar-refractivity contribution in [2.24, 2.45) is 5.10 Å². The summed E-state index contributed by atoms with van der Waals surface area (Å²) in [5, 5.41) is 13.6. The van der Waals surface area contributed by atoms with E-state index in [1.54, 1.807) is 24.2 Å². The van der Waals surface area contributed by atoms with E-state index in [1.165, 1.54) is 0 Å². The monoisotopic (exact) mass is 269 g/mol. The van der Waals surface area contributed by atoms with Crippen LogP contribution in [0.3, 0.4) is 0 Å². The fourth-order valence-corrected chi connectivity index (χ4v) is 1.91. The van der Waals surface area contributed by atoms with Crippen molar-refractivity contribution in [2.75, 3.05) is 20.1 Å². The number of likely N-dealkylation sites (N-methyl/N-ethyl adjacent to an activating group) is 1. The van der Waals surface area contributed by atoms with Gasteiger partial charge in [0.1, 0.15) is 10.3 Å². The number of hydrazone groups is 1. The van der Waals surface area contributed by atoms with E-state index in [0.717, 1.165) is 5.56 Å². The predicted octanol–water partition coefficient (Wildman–Crippen LogP) is 1.03. The van der Waals surface area contributed by atoms with Crippen LogP contribution in [0.4, 0.5) is 0 Å². The highest BCUT2D eigenvalue weighted by molar-refractivity contribution is 6.29. The Kier molecular flexibility index (Phi) is 3.61. The zero-order valence-corrected chi connectivity index (χ0v) is 10.5. The molecule has 1 saturated heterocycles. The minimum atomic E-state index is -0.676. The third-order valence-corrected chi connectivity index (χ3v) is 2.89. The number of guanidine groups is 1. The molecule has 0 aliphatic carbocycles. The third kappa shape index (κ3) is 2.86. The largest absolute Gasteiger partial charge is 0.339 e. The molecule has 0 atom stereocenters. The predicted molar refractivity (Wildman–Crippen MR) is 66.7 cm³/mol. The van der Waals surface area contributed by atoms with Gasteiger partial charge < -0.3 is 9.80 Å². The number of nitrogens with zero attached hydrogens (tertiary/aromatic N) is 5. The molecule has 1 aliphatic heterocycles. The van der Waals surface area contributed by atoms with Crippen LogP contribution < -0.4 is 0 Å². The summed E-state index contributed by atoms with van der Waals surface area (Å²) in [6.07, 6.45) is 1.66. The molecule has 1 fully saturated rings. The molecule has 0 radical (unpaired) electrons. The zero-order chi connectivity index (χ0) is 13.1. The van der Waals surface area contributed by atoms with Gasteiger partial charge >= 0.3 is 0 Å². The minimum Gasteiger partial charge on any atom is -0.339 e. The molecule has 7 nitrogen and oxygen atoms in total. The number of rotatable bonds is 3. The number of halogens is 1. The first-order valence-corrected chi connectivity index (χ1v) is 5.73. The van der Waals surface area contributed by atoms with Gasteiger partial charge in [-0.3, -0.25) is 0 Å². The number of aromatic nitrogens is 1. The first-order chi connectivity index (χ1) is 8.56. The van der Waals surface area contributed by atoms with Crippen LogP contribution in [0.2, 0.25) is 5.15 Å². The molecular formula is C10H12ClN5O2. The van der Waals surface area contributed by atoms with Crippen molar-refractivity contribution in [3.05, 3.63) is 39.2 Å². The van der Waals surface area contributed by atoms with E-state index in [0.29, 0.717) is 30.7 Å². The van der Waals surface area contributed by atoms with Gasteiger partial charge in [-0.05, 0) is 11.6 Å². The molecule has 0 saturated carbocycles. The summed E-state index contributed by atoms with van der Waals surface area (Å²) in [7, 11) is 1.78. The van der Waals surface area contributed by atoms with E-state index in [9.17, 15) is 10.1 Å². The summed E-state index contributed by atoms with van der Waals surface area (Å²) in [4.78, 5) is 18.1. The molecule has 2 rings (SSSR count). The van der Waals surface area contributed by atoms with Gasteiger partial charge in [0.05, 0.1) is 0 Å². The van der Waals surface area contributed by atoms with E-state index < -0.39 is 5.03 Å². The van der Waals surface area contributed by atoms with Crippen molar-refractivity contribution >= 4 is 17.6 Å². The van der Waals surface area contributed by atoms with Crippen LogP contribution in [0.5, 0.6) is 0 Å². The topological polar surface area (TPSA) is 74.9 Å². The standard InChI is InChI=1S/C10H12ClN5O2/c1-14-4-5-15(10(14)13-16(17)18)7-8-2-3-9(11)12-6-8/h2-3,6H,4-5,7H2,1H3. The van der Waals surface area contributed by atoms with Crippen molar-refractivity contribution in [1.29, 1.82) is 0 Å². The first kappa shape index (κ1) is 12.6. The SMILES string of the molecule is CN1CCN(Cc2ccc(Cl)nc2)C1=N[N+](=O)[O-]. The second-order valence-electron chi connectivity index (χ2n) is 3.97. The molecule has 1 aliphatic rings. The summed E-state index contributed by atoms with van der Waals surface area (Å²) in [5.41, 5.74) is 0.936. The van der Waals surface area contributed by atoms with Crippen LogP contribution in [-0.2, 0) is 6.54 Å². The number of hydrogen-bond donors (Lipinski definition) is 0. The second kappa shape index (κ2) is 5.18. The maximum Gasteiger partial charge on any atom is 0.274 e. The summed E-state index contributed by atoms with van der Waals surface area (Å²) < 4.78 is 0. The summed E-state index contributed by atoms with van der Waals surface area (Å²) in [6, 6.07) is 3.54. The number of pyridine rings is 1. The van der Waals surface area contributed by atoms with Gasteiger partial charge in [0.2, 0.25) is 0 Å². The Morgan fingerprint density at radius 3 is 2.94 bits per heavy atom. The fourth-order valence-electron chi connectivity index (χ4n) is 1.79.